The van der Waals surface area contributed by atoms with E-state index >= 15 is 0 Å². The number of pyridine rings is 2. The van der Waals surface area contributed by atoms with Crippen LogP contribution in [0.15, 0.2) is 78.9 Å². The summed E-state index contributed by atoms with van der Waals surface area (Å²) in [6.45, 7) is 0. The maximum Gasteiger partial charge on any atom is 0.212 e. The van der Waals surface area contributed by atoms with Gasteiger partial charge in [0.25, 0.3) is 0 Å². The molecule has 1 saturated carbocycles. The number of nitriles is 2. The van der Waals surface area contributed by atoms with E-state index in [1.165, 1.54) is 18.5 Å². The molecule has 2 aromatic heterocycles. The van der Waals surface area contributed by atoms with Crippen LogP contribution in [0.2, 0.25) is 5.02 Å². The predicted molar refractivity (Wildman–Crippen MR) is 162 cm³/mol. The SMILES string of the molecule is BC(Nc1cc(Cl)c2ncc(C#N)c(NC(CC#N)c3ccccc3)c2c1)(C1=CN(C2CC2)NN1)c1ccc(F)nc1. The monoisotopic (exact) mass is 577 g/mol. The molecule has 9 nitrogen and oxygen atoms in total. The molecule has 0 amide bonds. The van der Waals surface area contributed by atoms with Gasteiger partial charge in [-0.15, -0.1) is 5.53 Å². The fraction of sp³-hybridized carbons (Fsp3) is 0.200. The number of anilines is 2. The van der Waals surface area contributed by atoms with Gasteiger partial charge in [0.1, 0.15) is 13.9 Å². The van der Waals surface area contributed by atoms with Crippen molar-refractivity contribution in [2.75, 3.05) is 10.6 Å². The van der Waals surface area contributed by atoms with Crippen molar-refractivity contribution in [3.63, 3.8) is 0 Å². The average molecular weight is 578 g/mol. The fourth-order valence-electron chi connectivity index (χ4n) is 5.16. The second-order valence-electron chi connectivity index (χ2n) is 10.5. The van der Waals surface area contributed by atoms with E-state index in [9.17, 15) is 14.9 Å². The molecule has 1 aliphatic heterocycles. The van der Waals surface area contributed by atoms with Crippen LogP contribution >= 0.6 is 11.6 Å². The van der Waals surface area contributed by atoms with Crippen molar-refractivity contribution in [1.82, 2.24) is 25.9 Å². The minimum atomic E-state index is -0.879. The number of aromatic nitrogens is 2. The van der Waals surface area contributed by atoms with Gasteiger partial charge >= 0.3 is 0 Å². The topological polar surface area (TPSA) is 125 Å². The molecule has 2 aromatic carbocycles. The van der Waals surface area contributed by atoms with E-state index in [-0.39, 0.29) is 12.5 Å². The molecule has 0 radical (unpaired) electrons. The highest BCUT2D eigenvalue weighted by Gasteiger charge is 2.38. The minimum Gasteiger partial charge on any atom is -0.378 e. The molecule has 1 fully saturated rings. The molecule has 0 saturated heterocycles. The third-order valence-electron chi connectivity index (χ3n) is 7.63. The normalized spacial score (nSPS) is 16.5. The van der Waals surface area contributed by atoms with Gasteiger partial charge in [0.05, 0.1) is 51.5 Å². The number of rotatable bonds is 9. The van der Waals surface area contributed by atoms with Gasteiger partial charge < -0.3 is 16.1 Å². The van der Waals surface area contributed by atoms with Crippen LogP contribution in [-0.2, 0) is 5.44 Å². The smallest absolute Gasteiger partial charge is 0.212 e. The number of nitrogens with zero attached hydrogens (tertiary/aromatic N) is 5. The van der Waals surface area contributed by atoms with Crippen LogP contribution in [0.3, 0.4) is 0 Å². The van der Waals surface area contributed by atoms with Crippen molar-refractivity contribution in [3.8, 4) is 12.1 Å². The Morgan fingerprint density at radius 2 is 1.95 bits per heavy atom. The molecule has 2 unspecified atom stereocenters. The van der Waals surface area contributed by atoms with Gasteiger partial charge in [-0.05, 0) is 42.2 Å². The van der Waals surface area contributed by atoms with E-state index in [1.54, 1.807) is 12.1 Å². The standard InChI is InChI=1S/C30H26BClFN9/c31-30(20-6-9-27(33)36-16-20,26-17-42(41-40-26)22-7-8-22)39-21-12-23-28(19(14-35)15-37-29(23)24(32)13-21)38-25(10-11-34)18-4-2-1-3-5-18/h1-6,9,12-13,15-17,22,25,39-41H,7-8,10,31H2,(H,37,38). The summed E-state index contributed by atoms with van der Waals surface area (Å²) in [5.41, 5.74) is 10.0. The Bertz CT molecular complexity index is 1750. The van der Waals surface area contributed by atoms with Gasteiger partial charge in [-0.3, -0.25) is 9.99 Å². The van der Waals surface area contributed by atoms with Gasteiger partial charge in [-0.25, -0.2) is 4.98 Å². The zero-order valence-electron chi connectivity index (χ0n) is 22.7. The summed E-state index contributed by atoms with van der Waals surface area (Å²) in [4.78, 5) is 8.38. The maximum absolute atomic E-state index is 13.8. The van der Waals surface area contributed by atoms with Crippen molar-refractivity contribution in [2.45, 2.75) is 36.8 Å². The highest BCUT2D eigenvalue weighted by molar-refractivity contribution is 6.36. The molecule has 6 rings (SSSR count). The van der Waals surface area contributed by atoms with E-state index in [0.29, 0.717) is 38.9 Å². The Labute approximate surface area is 248 Å². The first kappa shape index (κ1) is 27.3. The second-order valence-corrected chi connectivity index (χ2v) is 10.9. The van der Waals surface area contributed by atoms with Crippen molar-refractivity contribution in [3.05, 3.63) is 107 Å². The van der Waals surface area contributed by atoms with Gasteiger partial charge in [0.15, 0.2) is 0 Å². The molecule has 4 aromatic rings. The Balaban J connectivity index is 1.45. The first-order chi connectivity index (χ1) is 20.4. The van der Waals surface area contributed by atoms with Gasteiger partial charge in [-0.2, -0.15) is 14.9 Å². The molecule has 0 spiro atoms. The van der Waals surface area contributed by atoms with E-state index in [1.807, 2.05) is 55.5 Å². The zero-order chi connectivity index (χ0) is 29.3. The van der Waals surface area contributed by atoms with Crippen LogP contribution in [0.25, 0.3) is 10.9 Å². The largest absolute Gasteiger partial charge is 0.378 e. The highest BCUT2D eigenvalue weighted by Crippen LogP contribution is 2.39. The van der Waals surface area contributed by atoms with E-state index < -0.39 is 11.4 Å². The lowest BCUT2D eigenvalue weighted by Crippen LogP contribution is -2.45. The van der Waals surface area contributed by atoms with E-state index in [4.69, 9.17) is 11.6 Å². The molecule has 3 heterocycles. The summed E-state index contributed by atoms with van der Waals surface area (Å²) in [6, 6.07) is 20.8. The number of halogens is 2. The summed E-state index contributed by atoms with van der Waals surface area (Å²) in [5, 5.41) is 29.6. The summed E-state index contributed by atoms with van der Waals surface area (Å²) in [5.74, 6) is -0.572. The predicted octanol–water partition coefficient (Wildman–Crippen LogP) is 4.59. The molecule has 4 N–H and O–H groups in total. The van der Waals surface area contributed by atoms with Crippen LogP contribution in [-0.4, -0.2) is 28.9 Å². The van der Waals surface area contributed by atoms with Crippen molar-refractivity contribution < 1.29 is 4.39 Å². The Kier molecular flexibility index (Phi) is 7.30. The van der Waals surface area contributed by atoms with Crippen molar-refractivity contribution in [1.29, 1.82) is 10.5 Å². The number of benzene rings is 2. The third kappa shape index (κ3) is 5.28. The Morgan fingerprint density at radius 1 is 1.14 bits per heavy atom. The number of nitrogens with one attached hydrogen (secondary N) is 4. The lowest BCUT2D eigenvalue weighted by Gasteiger charge is -2.33. The molecule has 208 valence electrons. The molecule has 1 aliphatic carbocycles. The number of hydrazine groups is 2. The summed E-state index contributed by atoms with van der Waals surface area (Å²) >= 11 is 6.79. The first-order valence-corrected chi connectivity index (χ1v) is 13.9. The Morgan fingerprint density at radius 3 is 2.64 bits per heavy atom. The second kappa shape index (κ2) is 11.2. The average Bonchev–Trinajstić information content (AvgIpc) is 3.73. The van der Waals surface area contributed by atoms with Crippen LogP contribution in [0.1, 0.15) is 42.0 Å². The number of fused-ring (bicyclic) bond motifs is 1. The van der Waals surface area contributed by atoms with E-state index in [2.05, 4.69) is 43.7 Å². The molecular weight excluding hydrogens is 552 g/mol. The maximum atomic E-state index is 13.8. The lowest BCUT2D eigenvalue weighted by atomic mass is 9.70. The molecule has 2 atom stereocenters. The van der Waals surface area contributed by atoms with E-state index in [0.717, 1.165) is 29.7 Å². The number of hydrogen-bond acceptors (Lipinski definition) is 9. The first-order valence-electron chi connectivity index (χ1n) is 13.5. The summed E-state index contributed by atoms with van der Waals surface area (Å²) in [7, 11) is 1.97. The van der Waals surface area contributed by atoms with Crippen molar-refractivity contribution >= 4 is 41.7 Å². The fourth-order valence-corrected chi connectivity index (χ4v) is 5.43. The van der Waals surface area contributed by atoms with Gasteiger partial charge in [-0.1, -0.05) is 48.0 Å². The van der Waals surface area contributed by atoms with Crippen LogP contribution in [0.5, 0.6) is 0 Å². The third-order valence-corrected chi connectivity index (χ3v) is 7.92. The summed E-state index contributed by atoms with van der Waals surface area (Å²) in [6.07, 6.45) is 7.37. The molecule has 12 heteroatoms. The van der Waals surface area contributed by atoms with Crippen LogP contribution in [0.4, 0.5) is 15.8 Å². The molecule has 0 bridgehead atoms. The lowest BCUT2D eigenvalue weighted by molar-refractivity contribution is 0.260. The molecule has 2 aliphatic rings. The molecular formula is C30H26BClFN9. The van der Waals surface area contributed by atoms with Crippen LogP contribution in [0, 0.1) is 28.6 Å². The van der Waals surface area contributed by atoms with Crippen molar-refractivity contribution in [2.24, 2.45) is 0 Å². The quantitative estimate of drug-likeness (QED) is 0.167. The Hall–Kier alpha value is -4.84. The number of hydrogen-bond donors (Lipinski definition) is 4. The minimum absolute atomic E-state index is 0.185. The van der Waals surface area contributed by atoms with Gasteiger partial charge in [0, 0.05) is 35.7 Å². The zero-order valence-corrected chi connectivity index (χ0v) is 23.5. The van der Waals surface area contributed by atoms with Crippen LogP contribution < -0.4 is 21.6 Å². The van der Waals surface area contributed by atoms with Gasteiger partial charge in [0.2, 0.25) is 5.95 Å². The highest BCUT2D eigenvalue weighted by atomic mass is 35.5. The molecule has 42 heavy (non-hydrogen) atoms. The summed E-state index contributed by atoms with van der Waals surface area (Å²) < 4.78 is 13.8.